The molecular formula is C22H28ClN3O4. The topological polar surface area (TPSA) is 104 Å². The lowest BCUT2D eigenvalue weighted by molar-refractivity contribution is -0.139. The first-order chi connectivity index (χ1) is 14.3. The van der Waals surface area contributed by atoms with Crippen LogP contribution in [0.15, 0.2) is 34.7 Å². The smallest absolute Gasteiger partial charge is 0.336 e. The van der Waals surface area contributed by atoms with Crippen molar-refractivity contribution >= 4 is 29.1 Å². The van der Waals surface area contributed by atoms with Crippen LogP contribution < -0.4 is 5.73 Å². The van der Waals surface area contributed by atoms with Crippen LogP contribution in [0.2, 0.25) is 5.02 Å². The number of carbonyl (C=O) groups excluding carboxylic acids is 2. The number of aromatic nitrogens is 1. The van der Waals surface area contributed by atoms with E-state index in [9.17, 15) is 9.59 Å². The maximum atomic E-state index is 13.3. The van der Waals surface area contributed by atoms with Gasteiger partial charge in [0.05, 0.1) is 42.0 Å². The first-order valence-electron chi connectivity index (χ1n) is 10.2. The van der Waals surface area contributed by atoms with Gasteiger partial charge in [0.15, 0.2) is 0 Å². The number of rotatable bonds is 7. The fraction of sp³-hybridized carbons (Fsp3) is 0.545. The highest BCUT2D eigenvalue weighted by Crippen LogP contribution is 2.48. The Labute approximate surface area is 181 Å². The van der Waals surface area contributed by atoms with E-state index in [1.54, 1.807) is 19.2 Å². The molecular weight excluding hydrogens is 406 g/mol. The van der Waals surface area contributed by atoms with Crippen LogP contribution in [0.25, 0.3) is 0 Å². The Bertz CT molecular complexity index is 894. The number of esters is 1. The second-order valence-corrected chi connectivity index (χ2v) is 8.77. The van der Waals surface area contributed by atoms with Crippen molar-refractivity contribution in [3.63, 3.8) is 0 Å². The summed E-state index contributed by atoms with van der Waals surface area (Å²) in [6.07, 6.45) is 4.19. The fourth-order valence-electron chi connectivity index (χ4n) is 4.29. The lowest BCUT2D eigenvalue weighted by Crippen LogP contribution is -2.44. The molecule has 3 rings (SSSR count). The first kappa shape index (κ1) is 22.6. The Morgan fingerprint density at radius 2 is 2.10 bits per heavy atom. The molecule has 1 aromatic heterocycles. The SMILES string of the molecule is CCOC(=O)C1=C(COCCN)N=C2CC(C)(C)CC(=O)C2C1c1ccncc1Cl. The standard InChI is InChI=1S/C22H28ClN3O4/c1-4-30-21(28)20-16(12-29-8-6-24)26-15-9-22(2,3)10-17(27)19(15)18(20)13-5-7-25-11-14(13)23/h5,7,11,18-19H,4,6,8-10,12,24H2,1-3H3. The summed E-state index contributed by atoms with van der Waals surface area (Å²) < 4.78 is 11.0. The number of nitrogens with two attached hydrogens (primary N) is 1. The molecule has 0 saturated heterocycles. The number of ether oxygens (including phenoxy) is 2. The van der Waals surface area contributed by atoms with Crippen molar-refractivity contribution < 1.29 is 19.1 Å². The fourth-order valence-corrected chi connectivity index (χ4v) is 4.52. The number of ketones is 1. The molecule has 0 aromatic carbocycles. The zero-order valence-corrected chi connectivity index (χ0v) is 18.4. The van der Waals surface area contributed by atoms with Gasteiger partial charge in [0, 0.05) is 37.0 Å². The van der Waals surface area contributed by atoms with Crippen LogP contribution in [0.3, 0.4) is 0 Å². The van der Waals surface area contributed by atoms with Crippen LogP contribution in [0.5, 0.6) is 0 Å². The molecule has 0 radical (unpaired) electrons. The van der Waals surface area contributed by atoms with Gasteiger partial charge >= 0.3 is 5.97 Å². The average Bonchev–Trinajstić information content (AvgIpc) is 2.66. The van der Waals surface area contributed by atoms with Crippen LogP contribution >= 0.6 is 11.6 Å². The van der Waals surface area contributed by atoms with Gasteiger partial charge in [-0.05, 0) is 30.4 Å². The molecule has 8 heteroatoms. The number of fused-ring (bicyclic) bond motifs is 1. The molecule has 1 aliphatic carbocycles. The first-order valence-corrected chi connectivity index (χ1v) is 10.5. The van der Waals surface area contributed by atoms with Gasteiger partial charge in [0.1, 0.15) is 5.78 Å². The molecule has 1 aromatic rings. The summed E-state index contributed by atoms with van der Waals surface area (Å²) in [4.78, 5) is 35.1. The maximum Gasteiger partial charge on any atom is 0.336 e. The molecule has 2 atom stereocenters. The molecule has 7 nitrogen and oxygen atoms in total. The largest absolute Gasteiger partial charge is 0.463 e. The highest BCUT2D eigenvalue weighted by Gasteiger charge is 2.48. The number of halogens is 1. The molecule has 2 aliphatic rings. The minimum Gasteiger partial charge on any atom is -0.463 e. The van der Waals surface area contributed by atoms with Gasteiger partial charge in [-0.25, -0.2) is 4.79 Å². The number of Topliss-reactive ketones (excluding diaryl/α,β-unsaturated/α-hetero) is 1. The van der Waals surface area contributed by atoms with Crippen molar-refractivity contribution in [1.29, 1.82) is 0 Å². The number of aliphatic imine (C=N–C) groups is 1. The second kappa shape index (κ2) is 9.37. The van der Waals surface area contributed by atoms with Crippen LogP contribution in [0.4, 0.5) is 0 Å². The molecule has 1 fully saturated rings. The van der Waals surface area contributed by atoms with Gasteiger partial charge in [-0.2, -0.15) is 0 Å². The van der Waals surface area contributed by atoms with E-state index in [0.29, 0.717) is 47.8 Å². The van der Waals surface area contributed by atoms with E-state index in [-0.39, 0.29) is 24.4 Å². The lowest BCUT2D eigenvalue weighted by atomic mass is 9.63. The van der Waals surface area contributed by atoms with Crippen molar-refractivity contribution in [1.82, 2.24) is 4.98 Å². The molecule has 1 aliphatic heterocycles. The monoisotopic (exact) mass is 433 g/mol. The molecule has 0 bridgehead atoms. The Balaban J connectivity index is 2.20. The second-order valence-electron chi connectivity index (χ2n) is 8.36. The van der Waals surface area contributed by atoms with Gasteiger partial charge in [-0.15, -0.1) is 0 Å². The summed E-state index contributed by atoms with van der Waals surface area (Å²) in [5.41, 5.74) is 7.56. The van der Waals surface area contributed by atoms with E-state index < -0.39 is 17.8 Å². The van der Waals surface area contributed by atoms with Crippen LogP contribution in [0, 0.1) is 11.3 Å². The van der Waals surface area contributed by atoms with Crippen LogP contribution in [-0.2, 0) is 19.1 Å². The molecule has 2 unspecified atom stereocenters. The normalized spacial score (nSPS) is 23.1. The van der Waals surface area contributed by atoms with Crippen molar-refractivity contribution in [3.8, 4) is 0 Å². The third kappa shape index (κ3) is 4.63. The number of hydrogen-bond acceptors (Lipinski definition) is 7. The van der Waals surface area contributed by atoms with Gasteiger partial charge < -0.3 is 15.2 Å². The average molecular weight is 434 g/mol. The lowest BCUT2D eigenvalue weighted by Gasteiger charge is -2.41. The highest BCUT2D eigenvalue weighted by molar-refractivity contribution is 6.31. The molecule has 0 spiro atoms. The Morgan fingerprint density at radius 3 is 2.77 bits per heavy atom. The van der Waals surface area contributed by atoms with E-state index in [0.717, 1.165) is 5.71 Å². The van der Waals surface area contributed by atoms with Crippen molar-refractivity contribution in [2.45, 2.75) is 39.5 Å². The minimum absolute atomic E-state index is 0.0478. The van der Waals surface area contributed by atoms with E-state index in [1.165, 1.54) is 6.20 Å². The zero-order chi connectivity index (χ0) is 21.9. The summed E-state index contributed by atoms with van der Waals surface area (Å²) >= 11 is 6.48. The Kier molecular flexibility index (Phi) is 7.06. The molecule has 30 heavy (non-hydrogen) atoms. The summed E-state index contributed by atoms with van der Waals surface area (Å²) in [5, 5.41) is 0.394. The van der Waals surface area contributed by atoms with E-state index in [2.05, 4.69) is 4.98 Å². The van der Waals surface area contributed by atoms with Crippen molar-refractivity contribution in [2.24, 2.45) is 22.1 Å². The van der Waals surface area contributed by atoms with Crippen molar-refractivity contribution in [3.05, 3.63) is 40.3 Å². The highest BCUT2D eigenvalue weighted by atomic mass is 35.5. The van der Waals surface area contributed by atoms with Crippen LogP contribution in [-0.4, -0.2) is 48.8 Å². The number of nitrogens with zero attached hydrogens (tertiary/aromatic N) is 2. The molecule has 0 amide bonds. The summed E-state index contributed by atoms with van der Waals surface area (Å²) in [6.45, 7) is 6.84. The summed E-state index contributed by atoms with van der Waals surface area (Å²) in [7, 11) is 0. The van der Waals surface area contributed by atoms with E-state index in [4.69, 9.17) is 31.8 Å². The van der Waals surface area contributed by atoms with Crippen molar-refractivity contribution in [2.75, 3.05) is 26.4 Å². The molecule has 1 saturated carbocycles. The van der Waals surface area contributed by atoms with E-state index >= 15 is 0 Å². The predicted octanol–water partition coefficient (Wildman–Crippen LogP) is 3.07. The third-order valence-corrected chi connectivity index (χ3v) is 5.70. The summed E-state index contributed by atoms with van der Waals surface area (Å²) in [5.74, 6) is -1.61. The maximum absolute atomic E-state index is 13.3. The van der Waals surface area contributed by atoms with Gasteiger partial charge in [-0.3, -0.25) is 14.8 Å². The third-order valence-electron chi connectivity index (χ3n) is 5.39. The predicted molar refractivity (Wildman–Crippen MR) is 114 cm³/mol. The van der Waals surface area contributed by atoms with E-state index in [1.807, 2.05) is 13.8 Å². The number of carbonyl (C=O) groups is 2. The van der Waals surface area contributed by atoms with Gasteiger partial charge in [-0.1, -0.05) is 25.4 Å². The molecule has 162 valence electrons. The minimum atomic E-state index is -0.591. The molecule has 2 heterocycles. The summed E-state index contributed by atoms with van der Waals surface area (Å²) in [6, 6.07) is 1.75. The van der Waals surface area contributed by atoms with Gasteiger partial charge in [0.25, 0.3) is 0 Å². The Morgan fingerprint density at radius 1 is 1.33 bits per heavy atom. The van der Waals surface area contributed by atoms with Crippen LogP contribution in [0.1, 0.15) is 45.1 Å². The Hall–Kier alpha value is -2.09. The quantitative estimate of drug-likeness (QED) is 0.523. The number of hydrogen-bond donors (Lipinski definition) is 1. The number of pyridine rings is 1. The zero-order valence-electron chi connectivity index (χ0n) is 17.6. The molecule has 2 N–H and O–H groups in total. The van der Waals surface area contributed by atoms with Gasteiger partial charge in [0.2, 0.25) is 0 Å².